The van der Waals surface area contributed by atoms with Crippen LogP contribution in [0.25, 0.3) is 0 Å². The molecule has 110 valence electrons. The fourth-order valence-electron chi connectivity index (χ4n) is 2.19. The predicted molar refractivity (Wildman–Crippen MR) is 84.3 cm³/mol. The molecule has 0 radical (unpaired) electrons. The Morgan fingerprint density at radius 2 is 1.43 bits per heavy atom. The summed E-state index contributed by atoms with van der Waals surface area (Å²) in [5, 5.41) is 2.74. The molecule has 1 N–H and O–H groups in total. The smallest absolute Gasteiger partial charge is 0.407 e. The molecule has 0 fully saturated rings. The molecule has 0 unspecified atom stereocenters. The number of carbonyl (C=O) groups is 1. The Balaban J connectivity index is 2.12. The van der Waals surface area contributed by atoms with Crippen molar-refractivity contribution in [1.82, 2.24) is 5.32 Å². The van der Waals surface area contributed by atoms with Crippen LogP contribution in [0, 0.1) is 0 Å². The third-order valence-corrected chi connectivity index (χ3v) is 3.19. The van der Waals surface area contributed by atoms with Crippen LogP contribution >= 0.6 is 0 Å². The van der Waals surface area contributed by atoms with Crippen molar-refractivity contribution in [3.8, 4) is 0 Å². The third-order valence-electron chi connectivity index (χ3n) is 3.19. The van der Waals surface area contributed by atoms with Crippen LogP contribution in [-0.2, 0) is 4.74 Å². The van der Waals surface area contributed by atoms with E-state index in [0.29, 0.717) is 6.61 Å². The van der Waals surface area contributed by atoms with E-state index in [4.69, 9.17) is 4.74 Å². The van der Waals surface area contributed by atoms with Crippen molar-refractivity contribution in [3.63, 3.8) is 0 Å². The van der Waals surface area contributed by atoms with Crippen LogP contribution < -0.4 is 5.32 Å². The second-order valence-corrected chi connectivity index (χ2v) is 5.27. The molecular formula is C18H21NO2. The van der Waals surface area contributed by atoms with Gasteiger partial charge in [0.1, 0.15) is 6.61 Å². The monoisotopic (exact) mass is 283 g/mol. The summed E-state index contributed by atoms with van der Waals surface area (Å²) in [5.41, 5.74) is 2.28. The summed E-state index contributed by atoms with van der Waals surface area (Å²) in [7, 11) is 0. The average Bonchev–Trinajstić information content (AvgIpc) is 2.49. The Bertz CT molecular complexity index is 512. The van der Waals surface area contributed by atoms with Crippen LogP contribution in [0.5, 0.6) is 0 Å². The number of hydrogen-bond donors (Lipinski definition) is 1. The Morgan fingerprint density at radius 3 is 1.86 bits per heavy atom. The van der Waals surface area contributed by atoms with Gasteiger partial charge in [0, 0.05) is 12.0 Å². The lowest BCUT2D eigenvalue weighted by Gasteiger charge is -2.19. The van der Waals surface area contributed by atoms with Crippen LogP contribution in [0.4, 0.5) is 4.79 Å². The first-order valence-electron chi connectivity index (χ1n) is 7.20. The molecule has 1 amide bonds. The fourth-order valence-corrected chi connectivity index (χ4v) is 2.19. The number of alkyl carbamates (subject to hydrolysis) is 1. The zero-order valence-corrected chi connectivity index (χ0v) is 12.5. The van der Waals surface area contributed by atoms with Gasteiger partial charge < -0.3 is 10.1 Å². The molecule has 0 saturated carbocycles. The van der Waals surface area contributed by atoms with Crippen LogP contribution in [0.3, 0.4) is 0 Å². The minimum absolute atomic E-state index is 0.0466. The van der Waals surface area contributed by atoms with Crippen molar-refractivity contribution >= 4 is 6.09 Å². The highest BCUT2D eigenvalue weighted by molar-refractivity contribution is 5.67. The number of carbonyl (C=O) groups excluding carboxylic acids is 1. The predicted octanol–water partition coefficient (Wildman–Crippen LogP) is 3.95. The Labute approximate surface area is 126 Å². The molecule has 3 nitrogen and oxygen atoms in total. The number of benzene rings is 2. The molecule has 2 aromatic carbocycles. The quantitative estimate of drug-likeness (QED) is 0.902. The lowest BCUT2D eigenvalue weighted by molar-refractivity contribution is 0.140. The van der Waals surface area contributed by atoms with Crippen molar-refractivity contribution in [1.29, 1.82) is 0 Å². The molecule has 0 aliphatic rings. The average molecular weight is 283 g/mol. The van der Waals surface area contributed by atoms with Gasteiger partial charge in [-0.3, -0.25) is 0 Å². The molecule has 0 aliphatic heterocycles. The minimum Gasteiger partial charge on any atom is -0.449 e. The summed E-state index contributed by atoms with van der Waals surface area (Å²) >= 11 is 0. The van der Waals surface area contributed by atoms with Crippen LogP contribution in [-0.4, -0.2) is 18.7 Å². The zero-order valence-electron chi connectivity index (χ0n) is 12.5. The minimum atomic E-state index is -0.373. The van der Waals surface area contributed by atoms with E-state index in [1.54, 1.807) is 0 Å². The number of nitrogens with one attached hydrogen (secondary N) is 1. The maximum absolute atomic E-state index is 11.7. The van der Waals surface area contributed by atoms with E-state index in [1.807, 2.05) is 50.2 Å². The highest BCUT2D eigenvalue weighted by Crippen LogP contribution is 2.24. The van der Waals surface area contributed by atoms with E-state index in [9.17, 15) is 4.79 Å². The molecule has 21 heavy (non-hydrogen) atoms. The van der Waals surface area contributed by atoms with Crippen molar-refractivity contribution in [2.45, 2.75) is 25.8 Å². The van der Waals surface area contributed by atoms with E-state index >= 15 is 0 Å². The summed E-state index contributed by atoms with van der Waals surface area (Å²) in [5.74, 6) is 0.0466. The summed E-state index contributed by atoms with van der Waals surface area (Å²) in [6, 6.07) is 20.3. The SMILES string of the molecule is CC(C)NC(=O)OCC(c1ccccc1)c1ccccc1. The van der Waals surface area contributed by atoms with Gasteiger partial charge in [-0.1, -0.05) is 60.7 Å². The molecule has 0 heterocycles. The molecule has 0 bridgehead atoms. The van der Waals surface area contributed by atoms with Crippen LogP contribution in [0.2, 0.25) is 0 Å². The van der Waals surface area contributed by atoms with E-state index in [1.165, 1.54) is 0 Å². The maximum Gasteiger partial charge on any atom is 0.407 e. The Morgan fingerprint density at radius 1 is 0.952 bits per heavy atom. The number of hydrogen-bond acceptors (Lipinski definition) is 2. The Kier molecular flexibility index (Phi) is 5.38. The third kappa shape index (κ3) is 4.63. The lowest BCUT2D eigenvalue weighted by atomic mass is 9.92. The van der Waals surface area contributed by atoms with E-state index in [-0.39, 0.29) is 18.1 Å². The van der Waals surface area contributed by atoms with E-state index in [0.717, 1.165) is 11.1 Å². The Hall–Kier alpha value is -2.29. The molecule has 0 spiro atoms. The summed E-state index contributed by atoms with van der Waals surface area (Å²) in [4.78, 5) is 11.7. The van der Waals surface area contributed by atoms with Crippen molar-refractivity contribution < 1.29 is 9.53 Å². The molecule has 0 atom stereocenters. The highest BCUT2D eigenvalue weighted by atomic mass is 16.5. The standard InChI is InChI=1S/C18H21NO2/c1-14(2)19-18(20)21-13-17(15-9-5-3-6-10-15)16-11-7-4-8-12-16/h3-12,14,17H,13H2,1-2H3,(H,19,20). The normalized spacial score (nSPS) is 10.7. The van der Waals surface area contributed by atoms with Crippen molar-refractivity contribution in [2.24, 2.45) is 0 Å². The van der Waals surface area contributed by atoms with Crippen LogP contribution in [0.15, 0.2) is 60.7 Å². The first-order chi connectivity index (χ1) is 10.2. The first-order valence-corrected chi connectivity index (χ1v) is 7.20. The molecule has 0 aliphatic carbocycles. The lowest BCUT2D eigenvalue weighted by Crippen LogP contribution is -2.31. The summed E-state index contributed by atoms with van der Waals surface area (Å²) < 4.78 is 5.37. The molecule has 0 aromatic heterocycles. The van der Waals surface area contributed by atoms with Gasteiger partial charge in [-0.2, -0.15) is 0 Å². The van der Waals surface area contributed by atoms with Gasteiger partial charge >= 0.3 is 6.09 Å². The molecule has 0 saturated heterocycles. The van der Waals surface area contributed by atoms with E-state index in [2.05, 4.69) is 29.6 Å². The molecule has 3 heteroatoms. The van der Waals surface area contributed by atoms with Gasteiger partial charge in [0.25, 0.3) is 0 Å². The maximum atomic E-state index is 11.7. The fraction of sp³-hybridized carbons (Fsp3) is 0.278. The molecule has 2 rings (SSSR count). The van der Waals surface area contributed by atoms with Gasteiger partial charge in [0.2, 0.25) is 0 Å². The topological polar surface area (TPSA) is 38.3 Å². The highest BCUT2D eigenvalue weighted by Gasteiger charge is 2.16. The summed E-state index contributed by atoms with van der Waals surface area (Å²) in [6.07, 6.45) is -0.373. The van der Waals surface area contributed by atoms with Gasteiger partial charge in [0.05, 0.1) is 0 Å². The second-order valence-electron chi connectivity index (χ2n) is 5.27. The van der Waals surface area contributed by atoms with Gasteiger partial charge in [-0.15, -0.1) is 0 Å². The van der Waals surface area contributed by atoms with Gasteiger partial charge in [-0.05, 0) is 25.0 Å². The number of ether oxygens (including phenoxy) is 1. The number of rotatable bonds is 5. The molecule has 2 aromatic rings. The van der Waals surface area contributed by atoms with Crippen molar-refractivity contribution in [2.75, 3.05) is 6.61 Å². The summed E-state index contributed by atoms with van der Waals surface area (Å²) in [6.45, 7) is 4.15. The first kappa shape index (κ1) is 15.1. The van der Waals surface area contributed by atoms with Crippen molar-refractivity contribution in [3.05, 3.63) is 71.8 Å². The van der Waals surface area contributed by atoms with E-state index < -0.39 is 0 Å². The van der Waals surface area contributed by atoms with Gasteiger partial charge in [0.15, 0.2) is 0 Å². The number of amides is 1. The largest absolute Gasteiger partial charge is 0.449 e. The van der Waals surface area contributed by atoms with Crippen LogP contribution in [0.1, 0.15) is 30.9 Å². The second kappa shape index (κ2) is 7.48. The zero-order chi connectivity index (χ0) is 15.1. The van der Waals surface area contributed by atoms with Gasteiger partial charge in [-0.25, -0.2) is 4.79 Å². The molecular weight excluding hydrogens is 262 g/mol.